The summed E-state index contributed by atoms with van der Waals surface area (Å²) in [4.78, 5) is 14.4. The highest BCUT2D eigenvalue weighted by Crippen LogP contribution is 2.28. The molecule has 1 aromatic rings. The summed E-state index contributed by atoms with van der Waals surface area (Å²) in [6.07, 6.45) is 1.18. The molecule has 3 atom stereocenters. The van der Waals surface area contributed by atoms with Crippen LogP contribution in [0.25, 0.3) is 0 Å². The van der Waals surface area contributed by atoms with Gasteiger partial charge in [-0.2, -0.15) is 0 Å². The molecule has 1 fully saturated rings. The summed E-state index contributed by atoms with van der Waals surface area (Å²) in [6, 6.07) is 6.79. The van der Waals surface area contributed by atoms with Crippen molar-refractivity contribution < 1.29 is 9.90 Å². The number of carbonyl (C=O) groups is 1. The van der Waals surface area contributed by atoms with Crippen LogP contribution in [0.4, 0.5) is 0 Å². The molecule has 2 rings (SSSR count). The maximum atomic E-state index is 12.5. The van der Waals surface area contributed by atoms with E-state index in [0.717, 1.165) is 6.54 Å². The minimum absolute atomic E-state index is 0.0703. The molecule has 0 bridgehead atoms. The van der Waals surface area contributed by atoms with Gasteiger partial charge in [-0.3, -0.25) is 4.79 Å². The van der Waals surface area contributed by atoms with Crippen LogP contribution >= 0.6 is 0 Å². The number of carbonyl (C=O) groups excluding carboxylic acids is 1. The summed E-state index contributed by atoms with van der Waals surface area (Å²) in [5.41, 5.74) is 0.654. The zero-order valence-electron chi connectivity index (χ0n) is 11.3. The number of rotatable bonds is 1. The summed E-state index contributed by atoms with van der Waals surface area (Å²) in [7, 11) is 0. The van der Waals surface area contributed by atoms with Crippen molar-refractivity contribution in [3.63, 3.8) is 0 Å². The van der Waals surface area contributed by atoms with Gasteiger partial charge in [0.2, 0.25) is 0 Å². The lowest BCUT2D eigenvalue weighted by atomic mass is 9.85. The molecule has 0 saturated carbocycles. The van der Waals surface area contributed by atoms with Crippen LogP contribution in [-0.2, 0) is 0 Å². The highest BCUT2D eigenvalue weighted by atomic mass is 16.3. The topological polar surface area (TPSA) is 40.5 Å². The monoisotopic (exact) mass is 247 g/mol. The minimum Gasteiger partial charge on any atom is -0.508 e. The predicted molar refractivity (Wildman–Crippen MR) is 71.6 cm³/mol. The highest BCUT2D eigenvalue weighted by molar-refractivity contribution is 5.94. The molecule has 18 heavy (non-hydrogen) atoms. The van der Waals surface area contributed by atoms with Gasteiger partial charge in [-0.05, 0) is 49.4 Å². The molecule has 1 amide bonds. The first-order valence-corrected chi connectivity index (χ1v) is 6.59. The minimum atomic E-state index is 0.0703. The van der Waals surface area contributed by atoms with E-state index in [1.165, 1.54) is 6.42 Å². The van der Waals surface area contributed by atoms with Crippen LogP contribution in [0.5, 0.6) is 5.75 Å². The van der Waals surface area contributed by atoms with E-state index in [1.54, 1.807) is 24.3 Å². The molecule has 1 aliphatic rings. The Morgan fingerprint density at radius 3 is 2.44 bits per heavy atom. The first kappa shape index (κ1) is 12.9. The predicted octanol–water partition coefficient (Wildman–Crippen LogP) is 2.90. The Balaban J connectivity index is 2.19. The van der Waals surface area contributed by atoms with E-state index >= 15 is 0 Å². The zero-order chi connectivity index (χ0) is 13.3. The molecule has 1 N–H and O–H groups in total. The number of aromatic hydroxyl groups is 1. The van der Waals surface area contributed by atoms with Crippen molar-refractivity contribution >= 4 is 5.91 Å². The third-order valence-electron chi connectivity index (χ3n) is 3.97. The molecular weight excluding hydrogens is 226 g/mol. The fraction of sp³-hybridized carbons (Fsp3) is 0.533. The van der Waals surface area contributed by atoms with Crippen LogP contribution in [-0.4, -0.2) is 28.5 Å². The van der Waals surface area contributed by atoms with Gasteiger partial charge < -0.3 is 10.0 Å². The Kier molecular flexibility index (Phi) is 3.60. The van der Waals surface area contributed by atoms with Crippen LogP contribution in [0.1, 0.15) is 37.6 Å². The van der Waals surface area contributed by atoms with E-state index < -0.39 is 0 Å². The number of phenols is 1. The SMILES string of the molecule is CC1CC(C)C(C)N(C(=O)c2ccc(O)cc2)C1. The highest BCUT2D eigenvalue weighted by Gasteiger charge is 2.32. The van der Waals surface area contributed by atoms with Gasteiger partial charge in [0.05, 0.1) is 0 Å². The van der Waals surface area contributed by atoms with Gasteiger partial charge in [0.25, 0.3) is 5.91 Å². The zero-order valence-corrected chi connectivity index (χ0v) is 11.3. The molecule has 0 radical (unpaired) electrons. The molecule has 0 spiro atoms. The van der Waals surface area contributed by atoms with Gasteiger partial charge in [0.1, 0.15) is 5.75 Å². The first-order chi connectivity index (χ1) is 8.49. The Bertz CT molecular complexity index is 427. The normalized spacial score (nSPS) is 28.2. The van der Waals surface area contributed by atoms with Crippen molar-refractivity contribution in [2.75, 3.05) is 6.54 Å². The maximum absolute atomic E-state index is 12.5. The molecule has 1 aromatic carbocycles. The van der Waals surface area contributed by atoms with Crippen LogP contribution in [0, 0.1) is 11.8 Å². The molecular formula is C15H21NO2. The average molecular weight is 247 g/mol. The summed E-state index contributed by atoms with van der Waals surface area (Å²) in [5, 5.41) is 9.26. The number of benzene rings is 1. The molecule has 3 unspecified atom stereocenters. The van der Waals surface area contributed by atoms with Crippen LogP contribution in [0.3, 0.4) is 0 Å². The number of nitrogens with zero attached hydrogens (tertiary/aromatic N) is 1. The van der Waals surface area contributed by atoms with Crippen molar-refractivity contribution in [2.24, 2.45) is 11.8 Å². The fourth-order valence-corrected chi connectivity index (χ4v) is 2.75. The Hall–Kier alpha value is -1.51. The van der Waals surface area contributed by atoms with E-state index in [4.69, 9.17) is 0 Å². The second-order valence-corrected chi connectivity index (χ2v) is 5.56. The van der Waals surface area contributed by atoms with Crippen LogP contribution in [0.2, 0.25) is 0 Å². The van der Waals surface area contributed by atoms with Crippen LogP contribution in [0.15, 0.2) is 24.3 Å². The number of amides is 1. The summed E-state index contributed by atoms with van der Waals surface area (Å²) in [5.74, 6) is 1.35. The first-order valence-electron chi connectivity index (χ1n) is 6.59. The average Bonchev–Trinajstić information content (AvgIpc) is 2.34. The van der Waals surface area contributed by atoms with Crippen LogP contribution < -0.4 is 0 Å². The lowest BCUT2D eigenvalue weighted by Gasteiger charge is -2.41. The fourth-order valence-electron chi connectivity index (χ4n) is 2.75. The van der Waals surface area contributed by atoms with Crippen molar-refractivity contribution in [1.29, 1.82) is 0 Å². The van der Waals surface area contributed by atoms with Crippen molar-refractivity contribution in [2.45, 2.75) is 33.2 Å². The Morgan fingerprint density at radius 2 is 1.83 bits per heavy atom. The molecule has 3 heteroatoms. The largest absolute Gasteiger partial charge is 0.508 e. The van der Waals surface area contributed by atoms with E-state index in [-0.39, 0.29) is 17.7 Å². The van der Waals surface area contributed by atoms with Crippen molar-refractivity contribution in [1.82, 2.24) is 4.90 Å². The molecule has 1 aliphatic heterocycles. The lowest BCUT2D eigenvalue weighted by Crippen LogP contribution is -2.48. The van der Waals surface area contributed by atoms with Gasteiger partial charge >= 0.3 is 0 Å². The third kappa shape index (κ3) is 2.50. The maximum Gasteiger partial charge on any atom is 0.254 e. The van der Waals surface area contributed by atoms with E-state index in [0.29, 0.717) is 17.4 Å². The number of phenolic OH excluding ortho intramolecular Hbond substituents is 1. The van der Waals surface area contributed by atoms with E-state index in [9.17, 15) is 9.90 Å². The Labute approximate surface area is 108 Å². The smallest absolute Gasteiger partial charge is 0.254 e. The second-order valence-electron chi connectivity index (χ2n) is 5.56. The molecule has 98 valence electrons. The summed E-state index contributed by atoms with van der Waals surface area (Å²) >= 11 is 0. The van der Waals surface area contributed by atoms with Gasteiger partial charge in [-0.15, -0.1) is 0 Å². The summed E-state index contributed by atoms with van der Waals surface area (Å²) in [6.45, 7) is 7.34. The second kappa shape index (κ2) is 5.01. The molecule has 0 aliphatic carbocycles. The molecule has 1 heterocycles. The molecule has 0 aromatic heterocycles. The van der Waals surface area contributed by atoms with E-state index in [2.05, 4.69) is 20.8 Å². The van der Waals surface area contributed by atoms with Gasteiger partial charge in [-0.25, -0.2) is 0 Å². The molecule has 1 saturated heterocycles. The van der Waals surface area contributed by atoms with Crippen molar-refractivity contribution in [3.05, 3.63) is 29.8 Å². The molecule has 3 nitrogen and oxygen atoms in total. The summed E-state index contributed by atoms with van der Waals surface area (Å²) < 4.78 is 0. The Morgan fingerprint density at radius 1 is 1.22 bits per heavy atom. The standard InChI is InChI=1S/C15H21NO2/c1-10-8-11(2)12(3)16(9-10)15(18)13-4-6-14(17)7-5-13/h4-7,10-12,17H,8-9H2,1-3H3. The third-order valence-corrected chi connectivity index (χ3v) is 3.97. The van der Waals surface area contributed by atoms with Gasteiger partial charge in [-0.1, -0.05) is 13.8 Å². The number of hydrogen-bond donors (Lipinski definition) is 1. The van der Waals surface area contributed by atoms with Gasteiger partial charge in [0, 0.05) is 18.2 Å². The van der Waals surface area contributed by atoms with Gasteiger partial charge in [0.15, 0.2) is 0 Å². The lowest BCUT2D eigenvalue weighted by molar-refractivity contribution is 0.0455. The number of piperidine rings is 1. The van der Waals surface area contributed by atoms with Crippen molar-refractivity contribution in [3.8, 4) is 5.75 Å². The number of hydrogen-bond acceptors (Lipinski definition) is 2. The quantitative estimate of drug-likeness (QED) is 0.829. The number of likely N-dealkylation sites (tertiary alicyclic amines) is 1. The van der Waals surface area contributed by atoms with E-state index in [1.807, 2.05) is 4.90 Å².